The van der Waals surface area contributed by atoms with Crippen LogP contribution in [0.5, 0.6) is 0 Å². The van der Waals surface area contributed by atoms with Gasteiger partial charge in [-0.3, -0.25) is 4.79 Å². The molecule has 0 radical (unpaired) electrons. The number of guanidine groups is 1. The maximum atomic E-state index is 12.1. The van der Waals surface area contributed by atoms with Crippen LogP contribution in [0.2, 0.25) is 0 Å². The van der Waals surface area contributed by atoms with E-state index in [9.17, 15) is 4.79 Å². The zero-order valence-corrected chi connectivity index (χ0v) is 17.6. The van der Waals surface area contributed by atoms with E-state index in [4.69, 9.17) is 0 Å². The predicted octanol–water partition coefficient (Wildman–Crippen LogP) is 1.51. The average Bonchev–Trinajstić information content (AvgIpc) is 3.22. The van der Waals surface area contributed by atoms with Crippen molar-refractivity contribution >= 4 is 35.8 Å². The third-order valence-electron chi connectivity index (χ3n) is 4.64. The van der Waals surface area contributed by atoms with Gasteiger partial charge in [0, 0.05) is 32.7 Å². The van der Waals surface area contributed by atoms with Crippen LogP contribution in [0.3, 0.4) is 0 Å². The largest absolute Gasteiger partial charge is 0.357 e. The summed E-state index contributed by atoms with van der Waals surface area (Å²) in [6.07, 6.45) is 4.73. The second kappa shape index (κ2) is 11.9. The number of hydrogen-bond acceptors (Lipinski definition) is 3. The van der Waals surface area contributed by atoms with Crippen LogP contribution in [0.4, 0.5) is 0 Å². The molecule has 0 bridgehead atoms. The molecule has 0 aromatic rings. The molecule has 2 fully saturated rings. The van der Waals surface area contributed by atoms with Crippen molar-refractivity contribution < 1.29 is 4.79 Å². The summed E-state index contributed by atoms with van der Waals surface area (Å²) in [5.74, 6) is 1.60. The fraction of sp³-hybridized carbons (Fsp3) is 0.882. The van der Waals surface area contributed by atoms with Crippen LogP contribution in [-0.4, -0.2) is 74.0 Å². The van der Waals surface area contributed by atoms with Gasteiger partial charge in [0.15, 0.2) is 5.96 Å². The van der Waals surface area contributed by atoms with Crippen molar-refractivity contribution in [1.82, 2.24) is 20.4 Å². The van der Waals surface area contributed by atoms with E-state index >= 15 is 0 Å². The highest BCUT2D eigenvalue weighted by atomic mass is 127. The molecule has 2 aliphatic rings. The Morgan fingerprint density at radius 3 is 2.58 bits per heavy atom. The van der Waals surface area contributed by atoms with Gasteiger partial charge < -0.3 is 20.4 Å². The average molecular weight is 451 g/mol. The number of carbonyl (C=O) groups is 1. The number of halogens is 1. The molecule has 0 aromatic heterocycles. The summed E-state index contributed by atoms with van der Waals surface area (Å²) in [4.78, 5) is 21.0. The number of likely N-dealkylation sites (tertiary alicyclic amines) is 2. The first-order valence-electron chi connectivity index (χ1n) is 9.25. The maximum absolute atomic E-state index is 12.1. The Hall–Kier alpha value is -0.570. The second-order valence-electron chi connectivity index (χ2n) is 6.62. The van der Waals surface area contributed by atoms with E-state index in [1.54, 1.807) is 0 Å². The number of nitrogens with zero attached hydrogens (tertiary/aromatic N) is 3. The fourth-order valence-corrected chi connectivity index (χ4v) is 3.39. The minimum Gasteiger partial charge on any atom is -0.357 e. The zero-order chi connectivity index (χ0) is 16.5. The lowest BCUT2D eigenvalue weighted by molar-refractivity contribution is -0.128. The van der Waals surface area contributed by atoms with E-state index in [-0.39, 0.29) is 36.4 Å². The molecule has 1 atom stereocenters. The number of rotatable bonds is 7. The van der Waals surface area contributed by atoms with Gasteiger partial charge in [0.05, 0.1) is 0 Å². The van der Waals surface area contributed by atoms with E-state index in [2.05, 4.69) is 34.4 Å². The molecule has 0 aromatic carbocycles. The maximum Gasteiger partial charge on any atom is 0.244 e. The predicted molar refractivity (Wildman–Crippen MR) is 110 cm³/mol. The highest BCUT2D eigenvalue weighted by Gasteiger charge is 2.22. The van der Waals surface area contributed by atoms with Gasteiger partial charge in [-0.15, -0.1) is 24.0 Å². The fourth-order valence-electron chi connectivity index (χ4n) is 3.39. The van der Waals surface area contributed by atoms with Crippen LogP contribution in [0.25, 0.3) is 0 Å². The molecule has 2 aliphatic heterocycles. The molecule has 0 spiro atoms. The summed E-state index contributed by atoms with van der Waals surface area (Å²) < 4.78 is 0. The molecule has 7 heteroatoms. The SMILES string of the molecule is CCCN1CCC(CNC(=NCC(=O)N2CCCC2)NCC)C1.I. The van der Waals surface area contributed by atoms with Gasteiger partial charge in [0.25, 0.3) is 0 Å². The number of hydrogen-bond donors (Lipinski definition) is 2. The van der Waals surface area contributed by atoms with Crippen LogP contribution < -0.4 is 10.6 Å². The highest BCUT2D eigenvalue weighted by Crippen LogP contribution is 2.15. The van der Waals surface area contributed by atoms with Crippen molar-refractivity contribution in [3.05, 3.63) is 0 Å². The van der Waals surface area contributed by atoms with Crippen LogP contribution in [0.15, 0.2) is 4.99 Å². The van der Waals surface area contributed by atoms with Gasteiger partial charge in [-0.2, -0.15) is 0 Å². The van der Waals surface area contributed by atoms with Crippen LogP contribution >= 0.6 is 24.0 Å². The van der Waals surface area contributed by atoms with Crippen molar-refractivity contribution in [3.8, 4) is 0 Å². The minimum atomic E-state index is 0. The quantitative estimate of drug-likeness (QED) is 0.350. The lowest BCUT2D eigenvalue weighted by atomic mass is 10.1. The second-order valence-corrected chi connectivity index (χ2v) is 6.62. The summed E-state index contributed by atoms with van der Waals surface area (Å²) in [7, 11) is 0. The Bertz CT molecular complexity index is 398. The first-order chi connectivity index (χ1) is 11.2. The van der Waals surface area contributed by atoms with Crippen molar-refractivity contribution in [3.63, 3.8) is 0 Å². The first-order valence-corrected chi connectivity index (χ1v) is 9.25. The molecule has 1 unspecified atom stereocenters. The summed E-state index contributed by atoms with van der Waals surface area (Å²) in [6.45, 7) is 11.7. The van der Waals surface area contributed by atoms with Gasteiger partial charge in [0.2, 0.25) is 5.91 Å². The summed E-state index contributed by atoms with van der Waals surface area (Å²) >= 11 is 0. The Labute approximate surface area is 163 Å². The van der Waals surface area contributed by atoms with E-state index < -0.39 is 0 Å². The molecule has 2 N–H and O–H groups in total. The Morgan fingerprint density at radius 1 is 1.17 bits per heavy atom. The van der Waals surface area contributed by atoms with Crippen molar-refractivity contribution in [1.29, 1.82) is 0 Å². The van der Waals surface area contributed by atoms with E-state index in [0.29, 0.717) is 5.92 Å². The third-order valence-corrected chi connectivity index (χ3v) is 4.64. The molecule has 2 heterocycles. The standard InChI is InChI=1S/C17H33N5O.HI/c1-3-8-21-11-7-15(14-21)12-19-17(18-4-2)20-13-16(23)22-9-5-6-10-22;/h15H,3-14H2,1-2H3,(H2,18,19,20);1H. The van der Waals surface area contributed by atoms with E-state index in [0.717, 1.165) is 45.0 Å². The Balaban J connectivity index is 0.00000288. The lowest BCUT2D eigenvalue weighted by Gasteiger charge is -2.17. The lowest BCUT2D eigenvalue weighted by Crippen LogP contribution is -2.41. The molecule has 2 rings (SSSR count). The van der Waals surface area contributed by atoms with E-state index in [1.165, 1.54) is 32.5 Å². The highest BCUT2D eigenvalue weighted by molar-refractivity contribution is 14.0. The van der Waals surface area contributed by atoms with Gasteiger partial charge in [0.1, 0.15) is 6.54 Å². The molecular weight excluding hydrogens is 417 g/mol. The topological polar surface area (TPSA) is 60.0 Å². The molecular formula is C17H34IN5O. The van der Waals surface area contributed by atoms with Gasteiger partial charge in [-0.1, -0.05) is 6.92 Å². The van der Waals surface area contributed by atoms with Gasteiger partial charge in [-0.05, 0) is 51.6 Å². The monoisotopic (exact) mass is 451 g/mol. The summed E-state index contributed by atoms with van der Waals surface area (Å²) in [6, 6.07) is 0. The number of aliphatic imine (C=N–C) groups is 1. The molecule has 0 aliphatic carbocycles. The molecule has 140 valence electrons. The number of amides is 1. The Morgan fingerprint density at radius 2 is 1.92 bits per heavy atom. The Kier molecular flexibility index (Phi) is 10.6. The first kappa shape index (κ1) is 21.5. The molecule has 24 heavy (non-hydrogen) atoms. The molecule has 2 saturated heterocycles. The van der Waals surface area contributed by atoms with Crippen molar-refractivity contribution in [2.75, 3.05) is 52.4 Å². The van der Waals surface area contributed by atoms with Gasteiger partial charge >= 0.3 is 0 Å². The minimum absolute atomic E-state index is 0. The normalized spacial score (nSPS) is 21.7. The zero-order valence-electron chi connectivity index (χ0n) is 15.2. The third kappa shape index (κ3) is 7.13. The summed E-state index contributed by atoms with van der Waals surface area (Å²) in [5.41, 5.74) is 0. The van der Waals surface area contributed by atoms with Gasteiger partial charge in [-0.25, -0.2) is 4.99 Å². The molecule has 1 amide bonds. The number of nitrogens with one attached hydrogen (secondary N) is 2. The summed E-state index contributed by atoms with van der Waals surface area (Å²) in [5, 5.41) is 6.66. The smallest absolute Gasteiger partial charge is 0.244 e. The van der Waals surface area contributed by atoms with E-state index in [1.807, 2.05) is 4.90 Å². The van der Waals surface area contributed by atoms with Crippen LogP contribution in [0.1, 0.15) is 39.5 Å². The van der Waals surface area contributed by atoms with Crippen molar-refractivity contribution in [2.24, 2.45) is 10.9 Å². The number of carbonyl (C=O) groups excluding carboxylic acids is 1. The molecule has 0 saturated carbocycles. The van der Waals surface area contributed by atoms with Crippen molar-refractivity contribution in [2.45, 2.75) is 39.5 Å². The molecule has 6 nitrogen and oxygen atoms in total. The van der Waals surface area contributed by atoms with Crippen LogP contribution in [0, 0.1) is 5.92 Å². The van der Waals surface area contributed by atoms with Crippen LogP contribution in [-0.2, 0) is 4.79 Å².